The van der Waals surface area contributed by atoms with E-state index in [1.54, 1.807) is 0 Å². The summed E-state index contributed by atoms with van der Waals surface area (Å²) in [6.07, 6.45) is 2.33. The topological polar surface area (TPSA) is 20.2 Å². The fraction of sp³-hybridized carbons (Fsp3) is 1.00. The largest absolute Gasteiger partial charge is 0.362 e. The highest BCUT2D eigenvalue weighted by atomic mass is 19.2. The number of hydrogen-bond acceptors (Lipinski definition) is 1. The van der Waals surface area contributed by atoms with Gasteiger partial charge in [0.2, 0.25) is 5.85 Å². The van der Waals surface area contributed by atoms with E-state index in [-0.39, 0.29) is 0 Å². The van der Waals surface area contributed by atoms with E-state index in [2.05, 4.69) is 13.8 Å². The van der Waals surface area contributed by atoms with Crippen LogP contribution >= 0.6 is 0 Å². The molecule has 2 heteroatoms. The molecule has 1 N–H and O–H groups in total. The van der Waals surface area contributed by atoms with Crippen LogP contribution in [0.5, 0.6) is 0 Å². The fourth-order valence-corrected chi connectivity index (χ4v) is 1.75. The second-order valence-corrected chi connectivity index (χ2v) is 4.00. The molecule has 1 rings (SSSR count). The minimum Gasteiger partial charge on any atom is -0.362 e. The number of rotatable bonds is 1. The van der Waals surface area contributed by atoms with Crippen LogP contribution in [0.25, 0.3) is 0 Å². The van der Waals surface area contributed by atoms with E-state index in [9.17, 15) is 4.39 Å². The molecule has 1 aliphatic carbocycles. The summed E-state index contributed by atoms with van der Waals surface area (Å²) in [7, 11) is 0. The standard InChI is InChI=1S/C9H17FO/c1-7(2)8-3-5-9(10,11)6-4-8/h7-8,11H,3-6H2,1-2H3. The molecule has 66 valence electrons. The molecule has 0 spiro atoms. The summed E-state index contributed by atoms with van der Waals surface area (Å²) < 4.78 is 12.9. The van der Waals surface area contributed by atoms with Crippen LogP contribution in [0.1, 0.15) is 39.5 Å². The first kappa shape index (κ1) is 8.98. The summed E-state index contributed by atoms with van der Waals surface area (Å²) in [5.74, 6) is -0.608. The predicted octanol–water partition coefficient (Wildman–Crippen LogP) is 2.49. The maximum absolute atomic E-state index is 12.9. The zero-order chi connectivity index (χ0) is 8.48. The van der Waals surface area contributed by atoms with Gasteiger partial charge in [0.25, 0.3) is 0 Å². The zero-order valence-electron chi connectivity index (χ0n) is 7.31. The van der Waals surface area contributed by atoms with Crippen molar-refractivity contribution < 1.29 is 9.50 Å². The van der Waals surface area contributed by atoms with Crippen molar-refractivity contribution in [3.05, 3.63) is 0 Å². The van der Waals surface area contributed by atoms with Crippen molar-refractivity contribution in [1.82, 2.24) is 0 Å². The highest BCUT2D eigenvalue weighted by molar-refractivity contribution is 4.78. The van der Waals surface area contributed by atoms with Crippen LogP contribution in [-0.4, -0.2) is 11.0 Å². The highest BCUT2D eigenvalue weighted by Gasteiger charge is 2.33. The Morgan fingerprint density at radius 1 is 1.36 bits per heavy atom. The predicted molar refractivity (Wildman–Crippen MR) is 42.9 cm³/mol. The fourth-order valence-electron chi connectivity index (χ4n) is 1.75. The lowest BCUT2D eigenvalue weighted by Crippen LogP contribution is -2.30. The van der Waals surface area contributed by atoms with Gasteiger partial charge in [-0.15, -0.1) is 0 Å². The summed E-state index contributed by atoms with van der Waals surface area (Å²) in [5.41, 5.74) is 0. The summed E-state index contributed by atoms with van der Waals surface area (Å²) in [4.78, 5) is 0. The van der Waals surface area contributed by atoms with E-state index in [1.807, 2.05) is 0 Å². The Labute approximate surface area is 67.6 Å². The van der Waals surface area contributed by atoms with Crippen LogP contribution in [-0.2, 0) is 0 Å². The van der Waals surface area contributed by atoms with Crippen LogP contribution in [0.15, 0.2) is 0 Å². The third kappa shape index (κ3) is 2.44. The molecule has 1 aliphatic rings. The van der Waals surface area contributed by atoms with Gasteiger partial charge in [-0.3, -0.25) is 0 Å². The van der Waals surface area contributed by atoms with Gasteiger partial charge < -0.3 is 5.11 Å². The summed E-state index contributed by atoms with van der Waals surface area (Å²) in [5, 5.41) is 9.01. The molecule has 0 aromatic rings. The Morgan fingerprint density at radius 3 is 2.18 bits per heavy atom. The third-order valence-electron chi connectivity index (χ3n) is 2.74. The molecule has 11 heavy (non-hydrogen) atoms. The second kappa shape index (κ2) is 3.10. The van der Waals surface area contributed by atoms with Gasteiger partial charge in [0.05, 0.1) is 0 Å². The highest BCUT2D eigenvalue weighted by Crippen LogP contribution is 2.36. The van der Waals surface area contributed by atoms with Crippen molar-refractivity contribution in [2.45, 2.75) is 45.4 Å². The molecular weight excluding hydrogens is 143 g/mol. The first-order valence-electron chi connectivity index (χ1n) is 4.42. The second-order valence-electron chi connectivity index (χ2n) is 4.00. The molecule has 1 saturated carbocycles. The average molecular weight is 160 g/mol. The Balaban J connectivity index is 2.36. The minimum atomic E-state index is -1.86. The van der Waals surface area contributed by atoms with E-state index in [0.717, 1.165) is 12.8 Å². The number of aliphatic hydroxyl groups is 1. The van der Waals surface area contributed by atoms with Crippen LogP contribution in [0, 0.1) is 11.8 Å². The molecule has 0 aromatic carbocycles. The quantitative estimate of drug-likeness (QED) is 0.624. The zero-order valence-corrected chi connectivity index (χ0v) is 7.31. The van der Waals surface area contributed by atoms with E-state index >= 15 is 0 Å². The summed E-state index contributed by atoms with van der Waals surface area (Å²) in [6, 6.07) is 0. The van der Waals surface area contributed by atoms with Crippen molar-refractivity contribution >= 4 is 0 Å². The van der Waals surface area contributed by atoms with E-state index in [1.165, 1.54) is 0 Å². The van der Waals surface area contributed by atoms with Crippen LogP contribution in [0.4, 0.5) is 4.39 Å². The molecular formula is C9H17FO. The van der Waals surface area contributed by atoms with Crippen molar-refractivity contribution in [3.63, 3.8) is 0 Å². The van der Waals surface area contributed by atoms with Gasteiger partial charge in [0.15, 0.2) is 0 Å². The molecule has 0 aliphatic heterocycles. The first-order chi connectivity index (χ1) is 5.01. The molecule has 0 saturated heterocycles. The van der Waals surface area contributed by atoms with Gasteiger partial charge in [-0.1, -0.05) is 13.8 Å². The van der Waals surface area contributed by atoms with Crippen molar-refractivity contribution in [1.29, 1.82) is 0 Å². The Kier molecular flexibility index (Phi) is 2.53. The molecule has 0 bridgehead atoms. The lowest BCUT2D eigenvalue weighted by atomic mass is 9.80. The normalized spacial score (nSPS) is 39.5. The van der Waals surface area contributed by atoms with Gasteiger partial charge >= 0.3 is 0 Å². The van der Waals surface area contributed by atoms with Crippen molar-refractivity contribution in [3.8, 4) is 0 Å². The SMILES string of the molecule is CC(C)C1CCC(O)(F)CC1. The minimum absolute atomic E-state index is 0.329. The van der Waals surface area contributed by atoms with E-state index < -0.39 is 5.85 Å². The van der Waals surface area contributed by atoms with E-state index in [4.69, 9.17) is 5.11 Å². The van der Waals surface area contributed by atoms with Crippen LogP contribution in [0.2, 0.25) is 0 Å². The Bertz CT molecular complexity index is 122. The van der Waals surface area contributed by atoms with Gasteiger partial charge in [-0.25, -0.2) is 4.39 Å². The molecule has 0 heterocycles. The lowest BCUT2D eigenvalue weighted by Gasteiger charge is -2.31. The summed E-state index contributed by atoms with van der Waals surface area (Å²) >= 11 is 0. The monoisotopic (exact) mass is 160 g/mol. The third-order valence-corrected chi connectivity index (χ3v) is 2.74. The molecule has 1 fully saturated rings. The summed E-state index contributed by atoms with van der Waals surface area (Å²) in [6.45, 7) is 4.32. The van der Waals surface area contributed by atoms with Crippen molar-refractivity contribution in [2.75, 3.05) is 0 Å². The van der Waals surface area contributed by atoms with Gasteiger partial charge in [0, 0.05) is 12.8 Å². The maximum atomic E-state index is 12.9. The molecule has 1 nitrogen and oxygen atoms in total. The smallest absolute Gasteiger partial charge is 0.206 e. The molecule has 0 amide bonds. The Hall–Kier alpha value is -0.110. The van der Waals surface area contributed by atoms with E-state index in [0.29, 0.717) is 24.7 Å². The maximum Gasteiger partial charge on any atom is 0.206 e. The molecule has 0 radical (unpaired) electrons. The molecule has 0 atom stereocenters. The number of hydrogen-bond donors (Lipinski definition) is 1. The molecule has 0 unspecified atom stereocenters. The van der Waals surface area contributed by atoms with Gasteiger partial charge in [-0.05, 0) is 24.7 Å². The van der Waals surface area contributed by atoms with Crippen LogP contribution < -0.4 is 0 Å². The van der Waals surface area contributed by atoms with Crippen molar-refractivity contribution in [2.24, 2.45) is 11.8 Å². The number of halogens is 1. The van der Waals surface area contributed by atoms with Gasteiger partial charge in [0.1, 0.15) is 0 Å². The van der Waals surface area contributed by atoms with Crippen LogP contribution in [0.3, 0.4) is 0 Å². The van der Waals surface area contributed by atoms with Gasteiger partial charge in [-0.2, -0.15) is 0 Å². The first-order valence-corrected chi connectivity index (χ1v) is 4.42. The lowest BCUT2D eigenvalue weighted by molar-refractivity contribution is -0.124. The number of alkyl halides is 1. The Morgan fingerprint density at radius 2 is 1.82 bits per heavy atom. The average Bonchev–Trinajstić information content (AvgIpc) is 1.86. The molecule has 0 aromatic heterocycles.